The van der Waals surface area contributed by atoms with Crippen molar-refractivity contribution in [1.82, 2.24) is 9.88 Å². The van der Waals surface area contributed by atoms with Crippen LogP contribution in [0, 0.1) is 5.82 Å². The summed E-state index contributed by atoms with van der Waals surface area (Å²) in [4.78, 5) is 17.6. The predicted molar refractivity (Wildman–Crippen MR) is 63.6 cm³/mol. The molecule has 1 aliphatic heterocycles. The van der Waals surface area contributed by atoms with Crippen LogP contribution in [0.4, 0.5) is 4.39 Å². The average Bonchev–Trinajstić information content (AvgIpc) is 2.60. The Balaban J connectivity index is 2.20. The van der Waals surface area contributed by atoms with Crippen LogP contribution in [0.5, 0.6) is 0 Å². The normalized spacial score (nSPS) is 16.7. The number of nitrogens with zero attached hydrogens (tertiary/aromatic N) is 2. The summed E-state index contributed by atoms with van der Waals surface area (Å²) >= 11 is 5.83. The van der Waals surface area contributed by atoms with Crippen molar-refractivity contribution >= 4 is 17.5 Å². The van der Waals surface area contributed by atoms with Gasteiger partial charge in [0, 0.05) is 13.1 Å². The molecule has 1 aromatic rings. The van der Waals surface area contributed by atoms with Crippen molar-refractivity contribution in [3.8, 4) is 0 Å². The zero-order valence-corrected chi connectivity index (χ0v) is 10.2. The Morgan fingerprint density at radius 2 is 1.94 bits per heavy atom. The number of amides is 1. The summed E-state index contributed by atoms with van der Waals surface area (Å²) in [6.45, 7) is 1.43. The molecule has 1 fully saturated rings. The molecule has 1 saturated heterocycles. The second-order valence-corrected chi connectivity index (χ2v) is 4.56. The van der Waals surface area contributed by atoms with Gasteiger partial charge in [0.15, 0.2) is 0 Å². The molecule has 92 valence electrons. The van der Waals surface area contributed by atoms with Gasteiger partial charge in [-0.25, -0.2) is 9.37 Å². The van der Waals surface area contributed by atoms with Gasteiger partial charge in [-0.1, -0.05) is 24.4 Å². The van der Waals surface area contributed by atoms with E-state index in [9.17, 15) is 9.18 Å². The first-order chi connectivity index (χ1) is 8.18. The summed E-state index contributed by atoms with van der Waals surface area (Å²) in [6, 6.07) is 1.16. The molecule has 0 saturated carbocycles. The number of pyridine rings is 1. The molecule has 5 heteroatoms. The molecule has 2 rings (SSSR count). The summed E-state index contributed by atoms with van der Waals surface area (Å²) in [5.41, 5.74) is 0.161. The molecular weight excluding hydrogens is 243 g/mol. The highest BCUT2D eigenvalue weighted by molar-refractivity contribution is 6.32. The zero-order chi connectivity index (χ0) is 12.3. The van der Waals surface area contributed by atoms with Gasteiger partial charge in [0.05, 0.1) is 11.8 Å². The summed E-state index contributed by atoms with van der Waals surface area (Å²) in [7, 11) is 0. The Hall–Kier alpha value is -1.16. The van der Waals surface area contributed by atoms with Gasteiger partial charge in [-0.3, -0.25) is 4.79 Å². The van der Waals surface area contributed by atoms with E-state index in [2.05, 4.69) is 4.98 Å². The Labute approximate surface area is 105 Å². The number of rotatable bonds is 1. The number of halogens is 2. The van der Waals surface area contributed by atoms with Crippen molar-refractivity contribution in [3.05, 3.63) is 28.8 Å². The van der Waals surface area contributed by atoms with Crippen LogP contribution in [0.2, 0.25) is 5.15 Å². The number of carbonyl (C=O) groups is 1. The Morgan fingerprint density at radius 3 is 2.59 bits per heavy atom. The topological polar surface area (TPSA) is 33.2 Å². The molecule has 0 aliphatic carbocycles. The Bertz CT molecular complexity index is 417. The highest BCUT2D eigenvalue weighted by Crippen LogP contribution is 2.18. The molecule has 3 nitrogen and oxygen atoms in total. The van der Waals surface area contributed by atoms with Crippen LogP contribution < -0.4 is 0 Å². The van der Waals surface area contributed by atoms with Gasteiger partial charge in [-0.2, -0.15) is 0 Å². The van der Waals surface area contributed by atoms with E-state index in [1.165, 1.54) is 0 Å². The van der Waals surface area contributed by atoms with Gasteiger partial charge in [0.1, 0.15) is 11.0 Å². The highest BCUT2D eigenvalue weighted by atomic mass is 35.5. The molecular formula is C12H14ClFN2O. The molecule has 0 bridgehead atoms. The number of hydrogen-bond donors (Lipinski definition) is 0. The quantitative estimate of drug-likeness (QED) is 0.724. The van der Waals surface area contributed by atoms with Gasteiger partial charge < -0.3 is 4.90 Å². The number of hydrogen-bond acceptors (Lipinski definition) is 2. The first-order valence-electron chi connectivity index (χ1n) is 5.79. The third-order valence-corrected chi connectivity index (χ3v) is 3.23. The molecule has 0 aromatic carbocycles. The van der Waals surface area contributed by atoms with Crippen molar-refractivity contribution in [3.63, 3.8) is 0 Å². The maximum atomic E-state index is 13.1. The molecule has 1 aliphatic rings. The fraction of sp³-hybridized carbons (Fsp3) is 0.500. The largest absolute Gasteiger partial charge is 0.339 e. The van der Waals surface area contributed by atoms with E-state index in [1.54, 1.807) is 4.90 Å². The van der Waals surface area contributed by atoms with Crippen LogP contribution in [0.3, 0.4) is 0 Å². The van der Waals surface area contributed by atoms with Crippen LogP contribution in [0.1, 0.15) is 36.0 Å². The minimum atomic E-state index is -0.535. The highest BCUT2D eigenvalue weighted by Gasteiger charge is 2.20. The number of carbonyl (C=O) groups excluding carboxylic acids is 1. The molecule has 17 heavy (non-hydrogen) atoms. The second-order valence-electron chi connectivity index (χ2n) is 4.20. The predicted octanol–water partition coefficient (Wildman–Crippen LogP) is 2.89. The fourth-order valence-electron chi connectivity index (χ4n) is 2.02. The van der Waals surface area contributed by atoms with E-state index in [-0.39, 0.29) is 16.6 Å². The lowest BCUT2D eigenvalue weighted by molar-refractivity contribution is 0.0761. The molecule has 0 spiro atoms. The summed E-state index contributed by atoms with van der Waals surface area (Å²) in [5.74, 6) is -0.753. The smallest absolute Gasteiger partial charge is 0.257 e. The van der Waals surface area contributed by atoms with E-state index in [0.29, 0.717) is 13.1 Å². The maximum absolute atomic E-state index is 13.1. The first kappa shape index (κ1) is 12.3. The van der Waals surface area contributed by atoms with Gasteiger partial charge in [0.2, 0.25) is 0 Å². The first-order valence-corrected chi connectivity index (χ1v) is 6.16. The van der Waals surface area contributed by atoms with E-state index in [4.69, 9.17) is 11.6 Å². The van der Waals surface area contributed by atoms with E-state index < -0.39 is 5.82 Å². The molecule has 0 atom stereocenters. The van der Waals surface area contributed by atoms with Crippen molar-refractivity contribution < 1.29 is 9.18 Å². The van der Waals surface area contributed by atoms with Crippen LogP contribution >= 0.6 is 11.6 Å². The van der Waals surface area contributed by atoms with Crippen LogP contribution in [0.25, 0.3) is 0 Å². The molecule has 0 radical (unpaired) electrons. The van der Waals surface area contributed by atoms with Gasteiger partial charge >= 0.3 is 0 Å². The van der Waals surface area contributed by atoms with Gasteiger partial charge in [0.25, 0.3) is 5.91 Å². The molecule has 0 N–H and O–H groups in total. The lowest BCUT2D eigenvalue weighted by Gasteiger charge is -2.20. The van der Waals surface area contributed by atoms with Crippen molar-refractivity contribution in [2.24, 2.45) is 0 Å². The van der Waals surface area contributed by atoms with Crippen LogP contribution in [0.15, 0.2) is 12.3 Å². The molecule has 1 amide bonds. The SMILES string of the molecule is O=C(c1cc(F)cnc1Cl)N1CCCCCC1. The summed E-state index contributed by atoms with van der Waals surface area (Å²) in [6.07, 6.45) is 5.28. The molecule has 0 unspecified atom stereocenters. The van der Waals surface area contributed by atoms with Gasteiger partial charge in [-0.15, -0.1) is 0 Å². The summed E-state index contributed by atoms with van der Waals surface area (Å²) < 4.78 is 13.1. The van der Waals surface area contributed by atoms with E-state index >= 15 is 0 Å². The average molecular weight is 257 g/mol. The lowest BCUT2D eigenvalue weighted by atomic mass is 10.2. The monoisotopic (exact) mass is 256 g/mol. The van der Waals surface area contributed by atoms with Crippen molar-refractivity contribution in [2.45, 2.75) is 25.7 Å². The third-order valence-electron chi connectivity index (χ3n) is 2.93. The van der Waals surface area contributed by atoms with E-state index in [0.717, 1.165) is 37.9 Å². The lowest BCUT2D eigenvalue weighted by Crippen LogP contribution is -2.32. The number of likely N-dealkylation sites (tertiary alicyclic amines) is 1. The van der Waals surface area contributed by atoms with E-state index in [1.807, 2.05) is 0 Å². The fourth-order valence-corrected chi connectivity index (χ4v) is 2.20. The zero-order valence-electron chi connectivity index (χ0n) is 9.46. The van der Waals surface area contributed by atoms with Crippen molar-refractivity contribution in [1.29, 1.82) is 0 Å². The third kappa shape index (κ3) is 2.94. The molecule has 1 aromatic heterocycles. The van der Waals surface area contributed by atoms with Gasteiger partial charge in [-0.05, 0) is 18.9 Å². The van der Waals surface area contributed by atoms with Crippen LogP contribution in [-0.2, 0) is 0 Å². The Morgan fingerprint density at radius 1 is 1.29 bits per heavy atom. The minimum absolute atomic E-state index is 0.0700. The molecule has 2 heterocycles. The second kappa shape index (κ2) is 5.45. The number of aromatic nitrogens is 1. The minimum Gasteiger partial charge on any atom is -0.339 e. The Kier molecular flexibility index (Phi) is 3.94. The maximum Gasteiger partial charge on any atom is 0.257 e. The van der Waals surface area contributed by atoms with Crippen molar-refractivity contribution in [2.75, 3.05) is 13.1 Å². The standard InChI is InChI=1S/C12H14ClFN2O/c13-11-10(7-9(14)8-15-11)12(17)16-5-3-1-2-4-6-16/h7-8H,1-6H2. The summed E-state index contributed by atoms with van der Waals surface area (Å²) in [5, 5.41) is 0.0700. The van der Waals surface area contributed by atoms with Crippen LogP contribution in [-0.4, -0.2) is 28.9 Å².